The van der Waals surface area contributed by atoms with Crippen LogP contribution in [0.5, 0.6) is 0 Å². The van der Waals surface area contributed by atoms with E-state index >= 15 is 0 Å². The van der Waals surface area contributed by atoms with Gasteiger partial charge in [-0.15, -0.1) is 0 Å². The Hall–Kier alpha value is -0.610. The lowest BCUT2D eigenvalue weighted by Crippen LogP contribution is -2.12. The van der Waals surface area contributed by atoms with E-state index in [1.165, 1.54) is 4.70 Å². The van der Waals surface area contributed by atoms with Gasteiger partial charge in [-0.25, -0.2) is 4.98 Å². The molecule has 0 radical (unpaired) electrons. The third-order valence-electron chi connectivity index (χ3n) is 2.33. The second-order valence-corrected chi connectivity index (χ2v) is 5.53. The minimum absolute atomic E-state index is 0.481. The Morgan fingerprint density at radius 1 is 1.53 bits per heavy atom. The summed E-state index contributed by atoms with van der Waals surface area (Å²) in [6.07, 6.45) is 1.11. The first-order valence-electron chi connectivity index (χ1n) is 5.01. The minimum atomic E-state index is 0.481. The van der Waals surface area contributed by atoms with Gasteiger partial charge in [-0.05, 0) is 31.5 Å². The average molecular weight is 285 g/mol. The van der Waals surface area contributed by atoms with Gasteiger partial charge >= 0.3 is 0 Å². The molecule has 2 aromatic rings. The van der Waals surface area contributed by atoms with Gasteiger partial charge < -0.3 is 5.32 Å². The van der Waals surface area contributed by atoms with E-state index in [1.54, 1.807) is 11.3 Å². The average Bonchev–Trinajstić information content (AvgIpc) is 2.59. The van der Waals surface area contributed by atoms with Gasteiger partial charge in [0.15, 0.2) is 5.13 Å². The van der Waals surface area contributed by atoms with Crippen molar-refractivity contribution in [2.24, 2.45) is 0 Å². The van der Waals surface area contributed by atoms with E-state index < -0.39 is 0 Å². The summed E-state index contributed by atoms with van der Waals surface area (Å²) in [6.45, 7) is 4.34. The number of thiazole rings is 1. The van der Waals surface area contributed by atoms with Crippen LogP contribution in [0.4, 0.5) is 5.13 Å². The lowest BCUT2D eigenvalue weighted by molar-refractivity contribution is 0.763. The monoisotopic (exact) mass is 284 g/mol. The van der Waals surface area contributed by atoms with Crippen LogP contribution >= 0.6 is 27.3 Å². The highest BCUT2D eigenvalue weighted by molar-refractivity contribution is 9.10. The molecule has 1 heterocycles. The largest absolute Gasteiger partial charge is 0.359 e. The number of aromatic nitrogens is 1. The standard InChI is InChI=1S/C11H13BrN2S/c1-3-7(2)13-11-14-9-5-4-8(12)6-10(9)15-11/h4-7H,3H2,1-2H3,(H,13,14). The van der Waals surface area contributed by atoms with Crippen molar-refractivity contribution >= 4 is 42.6 Å². The van der Waals surface area contributed by atoms with E-state index in [2.05, 4.69) is 46.1 Å². The molecule has 2 rings (SSSR count). The molecule has 0 fully saturated rings. The van der Waals surface area contributed by atoms with Crippen molar-refractivity contribution in [2.75, 3.05) is 5.32 Å². The fourth-order valence-electron chi connectivity index (χ4n) is 1.27. The Morgan fingerprint density at radius 2 is 2.33 bits per heavy atom. The SMILES string of the molecule is CCC(C)Nc1nc2ccc(Br)cc2s1. The Morgan fingerprint density at radius 3 is 3.07 bits per heavy atom. The number of nitrogens with one attached hydrogen (secondary N) is 1. The zero-order valence-electron chi connectivity index (χ0n) is 8.75. The van der Waals surface area contributed by atoms with Crippen LogP contribution in [-0.4, -0.2) is 11.0 Å². The first-order valence-corrected chi connectivity index (χ1v) is 6.62. The fourth-order valence-corrected chi connectivity index (χ4v) is 2.80. The lowest BCUT2D eigenvalue weighted by atomic mass is 10.3. The molecular weight excluding hydrogens is 272 g/mol. The van der Waals surface area contributed by atoms with Crippen molar-refractivity contribution in [3.8, 4) is 0 Å². The molecule has 1 N–H and O–H groups in total. The molecule has 0 bridgehead atoms. The maximum absolute atomic E-state index is 4.53. The number of fused-ring (bicyclic) bond motifs is 1. The second kappa shape index (κ2) is 4.49. The van der Waals surface area contributed by atoms with Crippen LogP contribution in [0.1, 0.15) is 20.3 Å². The fraction of sp³-hybridized carbons (Fsp3) is 0.364. The molecule has 0 aliphatic carbocycles. The van der Waals surface area contributed by atoms with Gasteiger partial charge in [0, 0.05) is 10.5 Å². The molecule has 0 saturated carbocycles. The highest BCUT2D eigenvalue weighted by Crippen LogP contribution is 2.28. The summed E-state index contributed by atoms with van der Waals surface area (Å²) in [5.41, 5.74) is 1.06. The zero-order chi connectivity index (χ0) is 10.8. The van der Waals surface area contributed by atoms with E-state index in [0.29, 0.717) is 6.04 Å². The third-order valence-corrected chi connectivity index (χ3v) is 3.78. The number of hydrogen-bond acceptors (Lipinski definition) is 3. The molecule has 15 heavy (non-hydrogen) atoms. The van der Waals surface area contributed by atoms with Gasteiger partial charge in [-0.2, -0.15) is 0 Å². The quantitative estimate of drug-likeness (QED) is 0.911. The number of rotatable bonds is 3. The van der Waals surface area contributed by atoms with E-state index in [0.717, 1.165) is 21.5 Å². The van der Waals surface area contributed by atoms with Crippen molar-refractivity contribution in [3.05, 3.63) is 22.7 Å². The molecule has 1 aromatic heterocycles. The summed E-state index contributed by atoms with van der Waals surface area (Å²) >= 11 is 5.17. The number of hydrogen-bond donors (Lipinski definition) is 1. The third kappa shape index (κ3) is 2.49. The summed E-state index contributed by atoms with van der Waals surface area (Å²) in [7, 11) is 0. The minimum Gasteiger partial charge on any atom is -0.359 e. The van der Waals surface area contributed by atoms with Gasteiger partial charge in [0.1, 0.15) is 0 Å². The summed E-state index contributed by atoms with van der Waals surface area (Å²) in [5, 5.41) is 4.40. The van der Waals surface area contributed by atoms with Gasteiger partial charge in [0.05, 0.1) is 10.2 Å². The van der Waals surface area contributed by atoms with Crippen molar-refractivity contribution < 1.29 is 0 Å². The number of benzene rings is 1. The molecule has 80 valence electrons. The van der Waals surface area contributed by atoms with Crippen LogP contribution in [-0.2, 0) is 0 Å². The second-order valence-electron chi connectivity index (χ2n) is 3.58. The van der Waals surface area contributed by atoms with Crippen molar-refractivity contribution in [2.45, 2.75) is 26.3 Å². The van der Waals surface area contributed by atoms with Crippen LogP contribution in [0.3, 0.4) is 0 Å². The molecule has 4 heteroatoms. The van der Waals surface area contributed by atoms with Crippen LogP contribution in [0.25, 0.3) is 10.2 Å². The van der Waals surface area contributed by atoms with E-state index in [1.807, 2.05) is 12.1 Å². The van der Waals surface area contributed by atoms with Crippen LogP contribution < -0.4 is 5.32 Å². The first kappa shape index (κ1) is 10.9. The van der Waals surface area contributed by atoms with Crippen molar-refractivity contribution in [1.82, 2.24) is 4.98 Å². The molecule has 2 nitrogen and oxygen atoms in total. The number of nitrogens with zero attached hydrogens (tertiary/aromatic N) is 1. The van der Waals surface area contributed by atoms with Gasteiger partial charge in [0.25, 0.3) is 0 Å². The van der Waals surface area contributed by atoms with Crippen molar-refractivity contribution in [3.63, 3.8) is 0 Å². The molecule has 1 aromatic carbocycles. The Labute approximate surface area is 102 Å². The highest BCUT2D eigenvalue weighted by Gasteiger charge is 2.05. The smallest absolute Gasteiger partial charge is 0.183 e. The van der Waals surface area contributed by atoms with Crippen LogP contribution in [0.2, 0.25) is 0 Å². The molecular formula is C11H13BrN2S. The Bertz CT molecular complexity index is 467. The Kier molecular flexibility index (Phi) is 3.26. The highest BCUT2D eigenvalue weighted by atomic mass is 79.9. The van der Waals surface area contributed by atoms with E-state index in [4.69, 9.17) is 0 Å². The molecule has 1 atom stereocenters. The normalized spacial score (nSPS) is 13.0. The van der Waals surface area contributed by atoms with Gasteiger partial charge in [0.2, 0.25) is 0 Å². The molecule has 0 amide bonds. The topological polar surface area (TPSA) is 24.9 Å². The molecule has 1 unspecified atom stereocenters. The predicted molar refractivity (Wildman–Crippen MR) is 70.7 cm³/mol. The van der Waals surface area contributed by atoms with Crippen LogP contribution in [0.15, 0.2) is 22.7 Å². The maximum Gasteiger partial charge on any atom is 0.183 e. The summed E-state index contributed by atoms with van der Waals surface area (Å²) in [6, 6.07) is 6.65. The van der Waals surface area contributed by atoms with E-state index in [9.17, 15) is 0 Å². The first-order chi connectivity index (χ1) is 7.19. The Balaban J connectivity index is 2.30. The molecule has 0 saturated heterocycles. The zero-order valence-corrected chi connectivity index (χ0v) is 11.2. The lowest BCUT2D eigenvalue weighted by Gasteiger charge is -2.08. The van der Waals surface area contributed by atoms with E-state index in [-0.39, 0.29) is 0 Å². The van der Waals surface area contributed by atoms with Gasteiger partial charge in [-0.3, -0.25) is 0 Å². The molecule has 0 aliphatic heterocycles. The number of anilines is 1. The molecule has 0 spiro atoms. The van der Waals surface area contributed by atoms with Gasteiger partial charge in [-0.1, -0.05) is 34.2 Å². The number of halogens is 1. The van der Waals surface area contributed by atoms with Crippen molar-refractivity contribution in [1.29, 1.82) is 0 Å². The van der Waals surface area contributed by atoms with Crippen LogP contribution in [0, 0.1) is 0 Å². The summed E-state index contributed by atoms with van der Waals surface area (Å²) in [5.74, 6) is 0. The summed E-state index contributed by atoms with van der Waals surface area (Å²) < 4.78 is 2.32. The molecule has 0 aliphatic rings. The summed E-state index contributed by atoms with van der Waals surface area (Å²) in [4.78, 5) is 4.53. The predicted octanol–water partition coefficient (Wildman–Crippen LogP) is 4.27. The maximum atomic E-state index is 4.53.